The molecule has 1 aliphatic heterocycles. The lowest BCUT2D eigenvalue weighted by Crippen LogP contribution is -2.31. The van der Waals surface area contributed by atoms with Crippen molar-refractivity contribution in [2.24, 2.45) is 11.1 Å². The summed E-state index contributed by atoms with van der Waals surface area (Å²) in [5.41, 5.74) is 11.9. The first-order chi connectivity index (χ1) is 15.1. The average Bonchev–Trinajstić information content (AvgIpc) is 3.35. The molecule has 4 aromatic rings. The fourth-order valence-corrected chi connectivity index (χ4v) is 4.78. The lowest BCUT2D eigenvalue weighted by Gasteiger charge is -2.22. The highest BCUT2D eigenvalue weighted by molar-refractivity contribution is 5.86. The first-order valence-corrected chi connectivity index (χ1v) is 10.8. The van der Waals surface area contributed by atoms with E-state index >= 15 is 0 Å². The minimum Gasteiger partial charge on any atom is -0.372 e. The standard InChI is InChI=1S/C25H25N5O/c26-22-14-30(15-25(22)9-10-25)24(31)20-8-4-7-19(28-20)18-11-17-12-21(29-23(17)27-13-18)16-5-2-1-3-6-16/h1-8,11-13,22,24,31H,9-10,14-15,26H2,(H,27,29)/t22-,24?/m1/s1. The molecule has 4 heterocycles. The van der Waals surface area contributed by atoms with Gasteiger partial charge in [-0.15, -0.1) is 0 Å². The summed E-state index contributed by atoms with van der Waals surface area (Å²) in [5.74, 6) is 0. The van der Waals surface area contributed by atoms with Gasteiger partial charge in [0.15, 0.2) is 6.23 Å². The molecule has 156 valence electrons. The number of nitrogens with one attached hydrogen (secondary N) is 1. The van der Waals surface area contributed by atoms with Crippen LogP contribution >= 0.6 is 0 Å². The molecule has 1 aliphatic carbocycles. The zero-order valence-electron chi connectivity index (χ0n) is 17.2. The van der Waals surface area contributed by atoms with Crippen LogP contribution in [-0.4, -0.2) is 44.1 Å². The summed E-state index contributed by atoms with van der Waals surface area (Å²) in [5, 5.41) is 12.0. The number of hydrogen-bond donors (Lipinski definition) is 3. The van der Waals surface area contributed by atoms with Crippen molar-refractivity contribution in [2.45, 2.75) is 25.1 Å². The molecular weight excluding hydrogens is 386 g/mol. The van der Waals surface area contributed by atoms with Gasteiger partial charge in [-0.25, -0.2) is 9.97 Å². The highest BCUT2D eigenvalue weighted by Gasteiger charge is 2.54. The molecule has 1 saturated carbocycles. The Morgan fingerprint density at radius 2 is 1.90 bits per heavy atom. The number of aliphatic hydroxyl groups is 1. The lowest BCUT2D eigenvalue weighted by molar-refractivity contribution is 0.0116. The van der Waals surface area contributed by atoms with Gasteiger partial charge in [-0.05, 0) is 48.1 Å². The van der Waals surface area contributed by atoms with Crippen LogP contribution in [0.15, 0.2) is 66.9 Å². The van der Waals surface area contributed by atoms with E-state index < -0.39 is 6.23 Å². The highest BCUT2D eigenvalue weighted by Crippen LogP contribution is 2.53. The van der Waals surface area contributed by atoms with Gasteiger partial charge in [0.1, 0.15) is 5.65 Å². The Balaban J connectivity index is 1.29. The molecule has 6 rings (SSSR count). The van der Waals surface area contributed by atoms with Crippen LogP contribution in [0.1, 0.15) is 24.8 Å². The second-order valence-electron chi connectivity index (χ2n) is 8.93. The van der Waals surface area contributed by atoms with Gasteiger partial charge >= 0.3 is 0 Å². The number of hydrogen-bond acceptors (Lipinski definition) is 5. The minimum absolute atomic E-state index is 0.143. The zero-order valence-corrected chi connectivity index (χ0v) is 17.2. The van der Waals surface area contributed by atoms with Crippen molar-refractivity contribution < 1.29 is 5.11 Å². The normalized spacial score (nSPS) is 21.0. The van der Waals surface area contributed by atoms with Gasteiger partial charge in [-0.2, -0.15) is 0 Å². The molecule has 1 aromatic carbocycles. The molecule has 2 aliphatic rings. The van der Waals surface area contributed by atoms with Crippen LogP contribution in [0.4, 0.5) is 0 Å². The number of H-pyrrole nitrogens is 1. The van der Waals surface area contributed by atoms with E-state index in [2.05, 4.69) is 39.1 Å². The molecule has 3 aromatic heterocycles. The van der Waals surface area contributed by atoms with Crippen LogP contribution in [0.5, 0.6) is 0 Å². The predicted octanol–water partition coefficient (Wildman–Crippen LogP) is 3.71. The Labute approximate surface area is 180 Å². The number of nitrogens with two attached hydrogens (primary N) is 1. The highest BCUT2D eigenvalue weighted by atomic mass is 16.3. The van der Waals surface area contributed by atoms with Crippen molar-refractivity contribution in [3.63, 3.8) is 0 Å². The van der Waals surface area contributed by atoms with Gasteiger partial charge in [0.2, 0.25) is 0 Å². The molecule has 6 nitrogen and oxygen atoms in total. The van der Waals surface area contributed by atoms with Crippen molar-refractivity contribution in [1.29, 1.82) is 0 Å². The predicted molar refractivity (Wildman–Crippen MR) is 121 cm³/mol. The maximum absolute atomic E-state index is 11.0. The van der Waals surface area contributed by atoms with Gasteiger partial charge in [0.25, 0.3) is 0 Å². The van der Waals surface area contributed by atoms with Gasteiger partial charge in [0.05, 0.1) is 11.4 Å². The molecule has 0 amide bonds. The van der Waals surface area contributed by atoms with E-state index in [1.165, 1.54) is 0 Å². The van der Waals surface area contributed by atoms with Crippen molar-refractivity contribution in [3.05, 3.63) is 72.6 Å². The number of pyridine rings is 2. The number of aromatic nitrogens is 3. The van der Waals surface area contributed by atoms with Crippen LogP contribution in [0, 0.1) is 5.41 Å². The Bertz CT molecular complexity index is 1250. The smallest absolute Gasteiger partial charge is 0.150 e. The number of rotatable bonds is 4. The minimum atomic E-state index is -0.736. The van der Waals surface area contributed by atoms with Crippen molar-refractivity contribution in [1.82, 2.24) is 19.9 Å². The summed E-state index contributed by atoms with van der Waals surface area (Å²) in [6.45, 7) is 1.56. The van der Waals surface area contributed by atoms with Crippen LogP contribution in [-0.2, 0) is 0 Å². The second-order valence-corrected chi connectivity index (χ2v) is 8.93. The molecule has 1 unspecified atom stereocenters. The molecule has 1 spiro atoms. The Hall–Kier alpha value is -3.06. The monoisotopic (exact) mass is 411 g/mol. The van der Waals surface area contributed by atoms with Crippen molar-refractivity contribution in [3.8, 4) is 22.5 Å². The maximum Gasteiger partial charge on any atom is 0.150 e. The third-order valence-electron chi connectivity index (χ3n) is 6.86. The third-order valence-corrected chi connectivity index (χ3v) is 6.86. The molecular formula is C25H25N5O. The number of likely N-dealkylation sites (tertiary alicyclic amines) is 1. The van der Waals surface area contributed by atoms with E-state index in [-0.39, 0.29) is 11.5 Å². The number of benzene rings is 1. The molecule has 0 bridgehead atoms. The van der Waals surface area contributed by atoms with Gasteiger partial charge < -0.3 is 15.8 Å². The Morgan fingerprint density at radius 3 is 2.68 bits per heavy atom. The summed E-state index contributed by atoms with van der Waals surface area (Å²) in [7, 11) is 0. The van der Waals surface area contributed by atoms with Gasteiger partial charge in [-0.1, -0.05) is 36.4 Å². The topological polar surface area (TPSA) is 91.1 Å². The number of nitrogens with zero attached hydrogens (tertiary/aromatic N) is 3. The van der Waals surface area contributed by atoms with E-state index in [9.17, 15) is 5.11 Å². The van der Waals surface area contributed by atoms with E-state index in [1.807, 2.05) is 42.6 Å². The van der Waals surface area contributed by atoms with Crippen molar-refractivity contribution in [2.75, 3.05) is 13.1 Å². The van der Waals surface area contributed by atoms with E-state index in [4.69, 9.17) is 10.7 Å². The summed E-state index contributed by atoms with van der Waals surface area (Å²) in [4.78, 5) is 14.8. The first kappa shape index (κ1) is 18.7. The molecule has 0 radical (unpaired) electrons. The van der Waals surface area contributed by atoms with E-state index in [0.717, 1.165) is 52.9 Å². The number of aliphatic hydroxyl groups excluding tert-OH is 1. The molecule has 2 fully saturated rings. The summed E-state index contributed by atoms with van der Waals surface area (Å²) in [6.07, 6.45) is 3.42. The summed E-state index contributed by atoms with van der Waals surface area (Å²) < 4.78 is 0. The van der Waals surface area contributed by atoms with Gasteiger partial charge in [-0.3, -0.25) is 4.90 Å². The van der Waals surface area contributed by atoms with Crippen LogP contribution in [0.25, 0.3) is 33.5 Å². The Kier molecular flexibility index (Phi) is 4.21. The quantitative estimate of drug-likeness (QED) is 0.476. The van der Waals surface area contributed by atoms with Gasteiger partial charge in [0, 0.05) is 42.0 Å². The summed E-state index contributed by atoms with van der Waals surface area (Å²) >= 11 is 0. The Morgan fingerprint density at radius 1 is 1.06 bits per heavy atom. The van der Waals surface area contributed by atoms with Crippen LogP contribution < -0.4 is 5.73 Å². The molecule has 1 saturated heterocycles. The zero-order chi connectivity index (χ0) is 21.0. The van der Waals surface area contributed by atoms with Crippen LogP contribution in [0.3, 0.4) is 0 Å². The summed E-state index contributed by atoms with van der Waals surface area (Å²) in [6, 6.07) is 20.4. The molecule has 2 atom stereocenters. The molecule has 31 heavy (non-hydrogen) atoms. The maximum atomic E-state index is 11.0. The van der Waals surface area contributed by atoms with E-state index in [1.54, 1.807) is 0 Å². The second kappa shape index (κ2) is 6.99. The van der Waals surface area contributed by atoms with Crippen LogP contribution in [0.2, 0.25) is 0 Å². The number of aromatic amines is 1. The SMILES string of the molecule is N[C@@H]1CN(C(O)c2cccc(-c3cnc4[nH]c(-c5ccccc5)cc4c3)n2)CC12CC2. The van der Waals surface area contributed by atoms with E-state index in [0.29, 0.717) is 12.2 Å². The average molecular weight is 412 g/mol. The number of fused-ring (bicyclic) bond motifs is 1. The molecule has 4 N–H and O–H groups in total. The largest absolute Gasteiger partial charge is 0.372 e. The first-order valence-electron chi connectivity index (χ1n) is 10.8. The fraction of sp³-hybridized carbons (Fsp3) is 0.280. The third kappa shape index (κ3) is 3.24. The molecule has 6 heteroatoms. The fourth-order valence-electron chi connectivity index (χ4n) is 4.78. The van der Waals surface area contributed by atoms with Crippen molar-refractivity contribution >= 4 is 11.0 Å². The lowest BCUT2D eigenvalue weighted by atomic mass is 10.0.